The molecular formula is C16H13ClN2O4. The lowest BCUT2D eigenvalue weighted by molar-refractivity contribution is -0.121. The van der Waals surface area contributed by atoms with Crippen molar-refractivity contribution in [1.29, 1.82) is 0 Å². The number of rotatable bonds is 5. The molecule has 1 N–H and O–H groups in total. The van der Waals surface area contributed by atoms with Crippen molar-refractivity contribution in [3.63, 3.8) is 0 Å². The highest BCUT2D eigenvalue weighted by Gasteiger charge is 2.36. The van der Waals surface area contributed by atoms with Gasteiger partial charge in [0.15, 0.2) is 0 Å². The van der Waals surface area contributed by atoms with E-state index in [2.05, 4.69) is 5.32 Å². The van der Waals surface area contributed by atoms with Gasteiger partial charge >= 0.3 is 0 Å². The van der Waals surface area contributed by atoms with Gasteiger partial charge < -0.3 is 9.73 Å². The van der Waals surface area contributed by atoms with E-state index in [4.69, 9.17) is 16.0 Å². The summed E-state index contributed by atoms with van der Waals surface area (Å²) in [4.78, 5) is 37.3. The Morgan fingerprint density at radius 1 is 1.17 bits per heavy atom. The van der Waals surface area contributed by atoms with Crippen molar-refractivity contribution in [3.8, 4) is 0 Å². The van der Waals surface area contributed by atoms with Gasteiger partial charge in [0.1, 0.15) is 5.76 Å². The van der Waals surface area contributed by atoms with Gasteiger partial charge in [0.25, 0.3) is 11.8 Å². The predicted octanol–water partition coefficient (Wildman–Crippen LogP) is 2.24. The molecule has 0 saturated heterocycles. The van der Waals surface area contributed by atoms with Crippen molar-refractivity contribution in [2.45, 2.75) is 13.0 Å². The predicted molar refractivity (Wildman–Crippen MR) is 82.0 cm³/mol. The van der Waals surface area contributed by atoms with Gasteiger partial charge in [0, 0.05) is 13.0 Å². The molecule has 0 unspecified atom stereocenters. The first-order chi connectivity index (χ1) is 11.1. The lowest BCUT2D eigenvalue weighted by Gasteiger charge is -2.13. The number of benzene rings is 1. The highest BCUT2D eigenvalue weighted by atomic mass is 35.5. The summed E-state index contributed by atoms with van der Waals surface area (Å²) in [5, 5.41) is 2.90. The molecule has 2 aromatic rings. The summed E-state index contributed by atoms with van der Waals surface area (Å²) in [6.07, 6.45) is 1.54. The number of furan rings is 1. The van der Waals surface area contributed by atoms with Gasteiger partial charge in [-0.1, -0.05) is 17.7 Å². The number of carbonyl (C=O) groups excluding carboxylic acids is 3. The molecule has 0 atom stereocenters. The molecule has 1 aromatic heterocycles. The van der Waals surface area contributed by atoms with E-state index >= 15 is 0 Å². The summed E-state index contributed by atoms with van der Waals surface area (Å²) in [6.45, 7) is 0.270. The van der Waals surface area contributed by atoms with Crippen molar-refractivity contribution in [2.75, 3.05) is 6.54 Å². The number of halogens is 1. The molecule has 1 aliphatic rings. The molecule has 1 aromatic carbocycles. The minimum absolute atomic E-state index is 0.00661. The van der Waals surface area contributed by atoms with Crippen LogP contribution in [0.3, 0.4) is 0 Å². The first-order valence-electron chi connectivity index (χ1n) is 7.01. The van der Waals surface area contributed by atoms with Crippen LogP contribution in [0.4, 0.5) is 0 Å². The van der Waals surface area contributed by atoms with Crippen LogP contribution in [0.5, 0.6) is 0 Å². The van der Waals surface area contributed by atoms with Crippen LogP contribution in [0.2, 0.25) is 5.02 Å². The second kappa shape index (κ2) is 6.26. The van der Waals surface area contributed by atoms with Gasteiger partial charge in [-0.05, 0) is 24.3 Å². The summed E-state index contributed by atoms with van der Waals surface area (Å²) >= 11 is 5.98. The third-order valence-electron chi connectivity index (χ3n) is 3.55. The maximum absolute atomic E-state index is 12.3. The molecule has 6 nitrogen and oxygen atoms in total. The van der Waals surface area contributed by atoms with Gasteiger partial charge in [0.2, 0.25) is 5.91 Å². The van der Waals surface area contributed by atoms with E-state index in [1.165, 1.54) is 6.26 Å². The summed E-state index contributed by atoms with van der Waals surface area (Å²) in [5.41, 5.74) is 0.480. The molecule has 3 amide bonds. The lowest BCUT2D eigenvalue weighted by atomic mass is 10.1. The number of nitrogens with one attached hydrogen (secondary N) is 1. The number of fused-ring (bicyclic) bond motifs is 1. The summed E-state index contributed by atoms with van der Waals surface area (Å²) in [7, 11) is 0. The zero-order valence-electron chi connectivity index (χ0n) is 12.0. The van der Waals surface area contributed by atoms with E-state index in [0.29, 0.717) is 5.76 Å². The average Bonchev–Trinajstić information content (AvgIpc) is 3.13. The second-order valence-corrected chi connectivity index (χ2v) is 5.44. The monoisotopic (exact) mass is 332 g/mol. The first kappa shape index (κ1) is 15.3. The van der Waals surface area contributed by atoms with E-state index in [0.717, 1.165) is 4.90 Å². The molecule has 7 heteroatoms. The van der Waals surface area contributed by atoms with Gasteiger partial charge in [-0.2, -0.15) is 0 Å². The van der Waals surface area contributed by atoms with Crippen LogP contribution >= 0.6 is 11.6 Å². The Kier molecular flexibility index (Phi) is 4.16. The molecule has 3 rings (SSSR count). The highest BCUT2D eigenvalue weighted by Crippen LogP contribution is 2.28. The largest absolute Gasteiger partial charge is 0.467 e. The van der Waals surface area contributed by atoms with E-state index in [9.17, 15) is 14.4 Å². The number of imide groups is 1. The zero-order valence-corrected chi connectivity index (χ0v) is 12.8. The summed E-state index contributed by atoms with van der Waals surface area (Å²) in [6, 6.07) is 8.20. The van der Waals surface area contributed by atoms with Crippen molar-refractivity contribution in [2.24, 2.45) is 0 Å². The van der Waals surface area contributed by atoms with E-state index < -0.39 is 11.8 Å². The molecule has 0 spiro atoms. The summed E-state index contributed by atoms with van der Waals surface area (Å²) < 4.78 is 5.10. The molecule has 0 saturated carbocycles. The molecule has 23 heavy (non-hydrogen) atoms. The Bertz CT molecular complexity index is 770. The fourth-order valence-corrected chi connectivity index (χ4v) is 2.65. The van der Waals surface area contributed by atoms with E-state index in [1.54, 1.807) is 30.3 Å². The topological polar surface area (TPSA) is 79.6 Å². The number of hydrogen-bond donors (Lipinski definition) is 1. The minimum Gasteiger partial charge on any atom is -0.467 e. The number of amides is 3. The standard InChI is InChI=1S/C16H13ClN2O4/c17-12-5-1-4-11-14(12)16(22)19(15(11)21)7-6-13(20)18-9-10-3-2-8-23-10/h1-5,8H,6-7,9H2,(H,18,20). The Morgan fingerprint density at radius 3 is 2.70 bits per heavy atom. The Hall–Kier alpha value is -2.60. The Morgan fingerprint density at radius 2 is 2.00 bits per heavy atom. The number of nitrogens with zero attached hydrogens (tertiary/aromatic N) is 1. The van der Waals surface area contributed by atoms with Crippen molar-refractivity contribution in [3.05, 3.63) is 58.5 Å². The average molecular weight is 333 g/mol. The quantitative estimate of drug-likeness (QED) is 0.851. The smallest absolute Gasteiger partial charge is 0.263 e. The first-order valence-corrected chi connectivity index (χ1v) is 7.39. The number of hydrogen-bond acceptors (Lipinski definition) is 4. The van der Waals surface area contributed by atoms with Crippen LogP contribution in [0.25, 0.3) is 0 Å². The van der Waals surface area contributed by atoms with E-state index in [1.807, 2.05) is 0 Å². The van der Waals surface area contributed by atoms with Gasteiger partial charge in [0.05, 0.1) is 29.0 Å². The van der Waals surface area contributed by atoms with Crippen LogP contribution in [0.15, 0.2) is 41.0 Å². The van der Waals surface area contributed by atoms with Crippen LogP contribution in [-0.2, 0) is 11.3 Å². The molecule has 0 radical (unpaired) electrons. The fraction of sp³-hybridized carbons (Fsp3) is 0.188. The molecule has 2 heterocycles. The molecular weight excluding hydrogens is 320 g/mol. The van der Waals surface area contributed by atoms with Crippen molar-refractivity contribution < 1.29 is 18.8 Å². The van der Waals surface area contributed by atoms with Crippen LogP contribution in [-0.4, -0.2) is 29.2 Å². The van der Waals surface area contributed by atoms with Crippen molar-refractivity contribution >= 4 is 29.3 Å². The maximum Gasteiger partial charge on any atom is 0.263 e. The Labute approximate surface area is 137 Å². The molecule has 0 aliphatic carbocycles. The van der Waals surface area contributed by atoms with E-state index in [-0.39, 0.29) is 41.6 Å². The fourth-order valence-electron chi connectivity index (χ4n) is 2.40. The second-order valence-electron chi connectivity index (χ2n) is 5.03. The third kappa shape index (κ3) is 2.98. The maximum atomic E-state index is 12.3. The minimum atomic E-state index is -0.463. The molecule has 0 bridgehead atoms. The molecule has 1 aliphatic heterocycles. The van der Waals surface area contributed by atoms with Crippen LogP contribution in [0, 0.1) is 0 Å². The van der Waals surface area contributed by atoms with Crippen LogP contribution < -0.4 is 5.32 Å². The SMILES string of the molecule is O=C(CCN1C(=O)c2cccc(Cl)c2C1=O)NCc1ccco1. The molecule has 0 fully saturated rings. The normalized spacial score (nSPS) is 13.3. The van der Waals surface area contributed by atoms with Gasteiger partial charge in [-0.15, -0.1) is 0 Å². The highest BCUT2D eigenvalue weighted by molar-refractivity contribution is 6.37. The van der Waals surface area contributed by atoms with Crippen molar-refractivity contribution in [1.82, 2.24) is 10.2 Å². The third-order valence-corrected chi connectivity index (χ3v) is 3.87. The Balaban J connectivity index is 1.59. The van der Waals surface area contributed by atoms with Gasteiger partial charge in [-0.3, -0.25) is 19.3 Å². The van der Waals surface area contributed by atoms with Gasteiger partial charge in [-0.25, -0.2) is 0 Å². The number of carbonyl (C=O) groups is 3. The zero-order chi connectivity index (χ0) is 16.4. The lowest BCUT2D eigenvalue weighted by Crippen LogP contribution is -2.34. The summed E-state index contributed by atoms with van der Waals surface area (Å²) in [5.74, 6) is -0.532. The van der Waals surface area contributed by atoms with Crippen LogP contribution in [0.1, 0.15) is 32.9 Å². The molecule has 118 valence electrons.